The van der Waals surface area contributed by atoms with Gasteiger partial charge in [0.25, 0.3) is 0 Å². The highest BCUT2D eigenvalue weighted by atomic mass is 16.5. The predicted octanol–water partition coefficient (Wildman–Crippen LogP) is 2.08. The summed E-state index contributed by atoms with van der Waals surface area (Å²) in [5.74, 6) is -1.72. The monoisotopic (exact) mass is 308 g/mol. The number of ether oxygens (including phenoxy) is 1. The van der Waals surface area contributed by atoms with Crippen molar-refractivity contribution < 1.29 is 19.4 Å². The van der Waals surface area contributed by atoms with E-state index in [1.54, 1.807) is 0 Å². The molecule has 22 heavy (non-hydrogen) atoms. The van der Waals surface area contributed by atoms with Crippen LogP contribution in [0, 0.1) is 0 Å². The molecule has 0 fully saturated rings. The van der Waals surface area contributed by atoms with E-state index in [0.29, 0.717) is 6.61 Å². The molecule has 0 aromatic heterocycles. The standard InChI is InChI=1S/C16H30B2O4/c17-14(18)10-8-6-4-2-1-3-5-7-9-13-22-16(21)12-11-15(19)20/h11-12,14H,1-10,13,17-18H2,(H,19,20)/b12-11+. The van der Waals surface area contributed by atoms with Gasteiger partial charge in [0, 0.05) is 12.2 Å². The molecule has 0 unspecified atom stereocenters. The molecule has 0 heterocycles. The van der Waals surface area contributed by atoms with E-state index in [1.165, 1.54) is 51.4 Å². The summed E-state index contributed by atoms with van der Waals surface area (Å²) in [4.78, 5) is 21.3. The molecule has 0 radical (unpaired) electrons. The summed E-state index contributed by atoms with van der Waals surface area (Å²) < 4.78 is 4.89. The molecular weight excluding hydrogens is 278 g/mol. The zero-order valence-electron chi connectivity index (χ0n) is 14.2. The molecule has 0 aromatic rings. The van der Waals surface area contributed by atoms with E-state index in [4.69, 9.17) is 9.84 Å². The average molecular weight is 308 g/mol. The van der Waals surface area contributed by atoms with E-state index in [-0.39, 0.29) is 0 Å². The van der Waals surface area contributed by atoms with Crippen LogP contribution < -0.4 is 0 Å². The van der Waals surface area contributed by atoms with Crippen molar-refractivity contribution in [1.82, 2.24) is 0 Å². The molecule has 6 heteroatoms. The van der Waals surface area contributed by atoms with E-state index in [0.717, 1.165) is 30.7 Å². The van der Waals surface area contributed by atoms with Crippen LogP contribution in [-0.2, 0) is 14.3 Å². The van der Waals surface area contributed by atoms with Gasteiger partial charge in [0.2, 0.25) is 0 Å². The summed E-state index contributed by atoms with van der Waals surface area (Å²) in [7, 11) is 4.56. The van der Waals surface area contributed by atoms with E-state index in [2.05, 4.69) is 15.7 Å². The Bertz CT molecular complexity index is 330. The van der Waals surface area contributed by atoms with Crippen LogP contribution in [0.5, 0.6) is 0 Å². The Kier molecular flexibility index (Phi) is 13.9. The van der Waals surface area contributed by atoms with Crippen molar-refractivity contribution >= 4 is 27.6 Å². The molecule has 0 rings (SSSR count). The molecule has 0 atom stereocenters. The third kappa shape index (κ3) is 16.9. The first-order valence-electron chi connectivity index (χ1n) is 8.60. The minimum absolute atomic E-state index is 0.373. The first-order chi connectivity index (χ1) is 10.5. The third-order valence-electron chi connectivity index (χ3n) is 3.53. The first kappa shape index (κ1) is 20.8. The van der Waals surface area contributed by atoms with Gasteiger partial charge >= 0.3 is 11.9 Å². The Morgan fingerprint density at radius 1 is 0.864 bits per heavy atom. The minimum atomic E-state index is -1.14. The van der Waals surface area contributed by atoms with Gasteiger partial charge in [-0.25, -0.2) is 9.59 Å². The summed E-state index contributed by atoms with van der Waals surface area (Å²) >= 11 is 0. The van der Waals surface area contributed by atoms with E-state index >= 15 is 0 Å². The second-order valence-corrected chi connectivity index (χ2v) is 6.20. The number of unbranched alkanes of at least 4 members (excludes halogenated alkanes) is 8. The highest BCUT2D eigenvalue weighted by Gasteiger charge is 1.99. The van der Waals surface area contributed by atoms with Gasteiger partial charge in [-0.1, -0.05) is 63.5 Å². The lowest BCUT2D eigenvalue weighted by molar-refractivity contribution is -0.138. The number of carbonyl (C=O) groups is 2. The lowest BCUT2D eigenvalue weighted by Crippen LogP contribution is -2.03. The summed E-state index contributed by atoms with van der Waals surface area (Å²) in [5, 5.41) is 8.35. The molecule has 1 N–H and O–H groups in total. The zero-order valence-corrected chi connectivity index (χ0v) is 14.2. The van der Waals surface area contributed by atoms with Crippen molar-refractivity contribution in [3.8, 4) is 0 Å². The number of esters is 1. The lowest BCUT2D eigenvalue weighted by Gasteiger charge is -2.04. The second kappa shape index (κ2) is 14.7. The summed E-state index contributed by atoms with van der Waals surface area (Å²) in [6.45, 7) is 0.373. The van der Waals surface area contributed by atoms with E-state index < -0.39 is 11.9 Å². The van der Waals surface area contributed by atoms with Gasteiger partial charge in [-0.3, -0.25) is 0 Å². The maximum atomic E-state index is 11.1. The Morgan fingerprint density at radius 3 is 1.86 bits per heavy atom. The molecule has 0 aliphatic carbocycles. The lowest BCUT2D eigenvalue weighted by atomic mass is 9.68. The second-order valence-electron chi connectivity index (χ2n) is 6.20. The third-order valence-corrected chi connectivity index (χ3v) is 3.53. The molecule has 0 amide bonds. The highest BCUT2D eigenvalue weighted by Crippen LogP contribution is 2.12. The zero-order chi connectivity index (χ0) is 16.6. The topological polar surface area (TPSA) is 63.6 Å². The summed E-state index contributed by atoms with van der Waals surface area (Å²) in [6, 6.07) is 0. The van der Waals surface area contributed by atoms with Crippen molar-refractivity contribution in [1.29, 1.82) is 0 Å². The van der Waals surface area contributed by atoms with Crippen LogP contribution in [0.3, 0.4) is 0 Å². The smallest absolute Gasteiger partial charge is 0.331 e. The normalized spacial score (nSPS) is 11.1. The maximum absolute atomic E-state index is 11.1. The van der Waals surface area contributed by atoms with Crippen LogP contribution >= 0.6 is 0 Å². The van der Waals surface area contributed by atoms with Crippen LogP contribution in [0.1, 0.15) is 64.2 Å². The van der Waals surface area contributed by atoms with Crippen LogP contribution in [0.2, 0.25) is 5.72 Å². The molecule has 124 valence electrons. The number of carboxylic acids is 1. The first-order valence-corrected chi connectivity index (χ1v) is 8.60. The van der Waals surface area contributed by atoms with Gasteiger partial charge in [-0.15, -0.1) is 0 Å². The summed E-state index contributed by atoms with van der Waals surface area (Å²) in [5.41, 5.74) is 0.828. The molecule has 0 bridgehead atoms. The fourth-order valence-corrected chi connectivity index (χ4v) is 2.25. The number of carbonyl (C=O) groups excluding carboxylic acids is 1. The fraction of sp³-hybridized carbons (Fsp3) is 0.750. The van der Waals surface area contributed by atoms with E-state index in [1.807, 2.05) is 0 Å². The molecule has 0 aliphatic rings. The number of hydrogen-bond donors (Lipinski definition) is 1. The molecule has 0 saturated carbocycles. The molecule has 4 nitrogen and oxygen atoms in total. The Hall–Kier alpha value is -1.19. The van der Waals surface area contributed by atoms with Gasteiger partial charge in [-0.2, -0.15) is 0 Å². The quantitative estimate of drug-likeness (QED) is 0.231. The van der Waals surface area contributed by atoms with Gasteiger partial charge in [0.05, 0.1) is 22.3 Å². The van der Waals surface area contributed by atoms with Crippen molar-refractivity contribution in [3.63, 3.8) is 0 Å². The largest absolute Gasteiger partial charge is 0.478 e. The van der Waals surface area contributed by atoms with Crippen LogP contribution in [0.15, 0.2) is 12.2 Å². The Morgan fingerprint density at radius 2 is 1.36 bits per heavy atom. The number of aliphatic carboxylic acids is 1. The molecule has 0 spiro atoms. The molecule has 0 aliphatic heterocycles. The summed E-state index contributed by atoms with van der Waals surface area (Å²) in [6.07, 6.45) is 14.1. The van der Waals surface area contributed by atoms with Crippen LogP contribution in [0.25, 0.3) is 0 Å². The SMILES string of the molecule is BC(B)CCCCCCCCCCCOC(=O)/C=C/C(=O)O. The molecular formula is C16H30B2O4. The highest BCUT2D eigenvalue weighted by molar-refractivity contribution is 6.35. The number of carboxylic acid groups (broad SMARTS) is 1. The van der Waals surface area contributed by atoms with Crippen molar-refractivity contribution in [2.24, 2.45) is 0 Å². The average Bonchev–Trinajstić information content (AvgIpc) is 2.45. The van der Waals surface area contributed by atoms with Crippen LogP contribution in [-0.4, -0.2) is 39.3 Å². The van der Waals surface area contributed by atoms with Gasteiger partial charge in [0.15, 0.2) is 0 Å². The fourth-order valence-electron chi connectivity index (χ4n) is 2.25. The predicted molar refractivity (Wildman–Crippen MR) is 94.7 cm³/mol. The van der Waals surface area contributed by atoms with Gasteiger partial charge < -0.3 is 9.84 Å². The minimum Gasteiger partial charge on any atom is -0.478 e. The maximum Gasteiger partial charge on any atom is 0.331 e. The number of hydrogen-bond acceptors (Lipinski definition) is 3. The van der Waals surface area contributed by atoms with Gasteiger partial charge in [-0.05, 0) is 6.42 Å². The Balaban J connectivity index is 3.20. The number of rotatable bonds is 14. The van der Waals surface area contributed by atoms with Gasteiger partial charge in [0.1, 0.15) is 0 Å². The van der Waals surface area contributed by atoms with Crippen molar-refractivity contribution in [2.45, 2.75) is 69.9 Å². The van der Waals surface area contributed by atoms with E-state index in [9.17, 15) is 9.59 Å². The van der Waals surface area contributed by atoms with Crippen LogP contribution in [0.4, 0.5) is 0 Å². The van der Waals surface area contributed by atoms with Crippen molar-refractivity contribution in [2.75, 3.05) is 6.61 Å². The Labute approximate surface area is 136 Å². The van der Waals surface area contributed by atoms with Crippen molar-refractivity contribution in [3.05, 3.63) is 12.2 Å². The molecule has 0 saturated heterocycles. The molecule has 0 aromatic carbocycles.